The van der Waals surface area contributed by atoms with Gasteiger partial charge >= 0.3 is 0 Å². The Morgan fingerprint density at radius 1 is 0.963 bits per heavy atom. The minimum Gasteiger partial charge on any atom is -0.332 e. The Morgan fingerprint density at radius 2 is 1.63 bits per heavy atom. The fourth-order valence-corrected chi connectivity index (χ4v) is 3.88. The summed E-state index contributed by atoms with van der Waals surface area (Å²) in [7, 11) is 1.65. The van der Waals surface area contributed by atoms with Gasteiger partial charge in [0.1, 0.15) is 0 Å². The van der Waals surface area contributed by atoms with Crippen LogP contribution in [-0.4, -0.2) is 30.3 Å². The van der Waals surface area contributed by atoms with Gasteiger partial charge in [-0.25, -0.2) is 0 Å². The molecule has 5 heteroatoms. The zero-order valence-corrected chi connectivity index (χ0v) is 16.5. The summed E-state index contributed by atoms with van der Waals surface area (Å²) in [4.78, 5) is 27.4. The number of anilines is 1. The molecule has 0 radical (unpaired) electrons. The van der Waals surface area contributed by atoms with Gasteiger partial charge in [0.05, 0.1) is 11.4 Å². The van der Waals surface area contributed by atoms with E-state index in [1.165, 1.54) is 16.2 Å². The van der Waals surface area contributed by atoms with E-state index in [2.05, 4.69) is 5.32 Å². The van der Waals surface area contributed by atoms with Crippen LogP contribution in [0.15, 0.2) is 60.0 Å². The van der Waals surface area contributed by atoms with E-state index in [4.69, 9.17) is 0 Å². The number of carbonyl (C=O) groups excluding carboxylic acids is 2. The number of aryl methyl sites for hydroxylation is 2. The molecule has 1 N–H and O–H groups in total. The van der Waals surface area contributed by atoms with E-state index < -0.39 is 0 Å². The van der Waals surface area contributed by atoms with Crippen LogP contribution in [0.4, 0.5) is 5.69 Å². The molecular formula is C22H22N2O2S. The van der Waals surface area contributed by atoms with Gasteiger partial charge in [0.25, 0.3) is 5.91 Å². The predicted octanol–water partition coefficient (Wildman–Crippen LogP) is 4.74. The third-order valence-corrected chi connectivity index (χ3v) is 5.32. The van der Waals surface area contributed by atoms with Crippen molar-refractivity contribution < 1.29 is 9.59 Å². The number of carbonyl (C=O) groups is 2. The van der Waals surface area contributed by atoms with Crippen molar-refractivity contribution in [2.75, 3.05) is 18.9 Å². The molecule has 0 unspecified atom stereocenters. The second-order valence-corrected chi connectivity index (χ2v) is 7.42. The third-order valence-electron chi connectivity index (χ3n) is 4.42. The molecular weight excluding hydrogens is 356 g/mol. The van der Waals surface area contributed by atoms with Crippen molar-refractivity contribution in [3.8, 4) is 11.1 Å². The molecule has 1 heterocycles. The number of amides is 2. The molecule has 138 valence electrons. The van der Waals surface area contributed by atoms with Crippen LogP contribution in [0, 0.1) is 13.8 Å². The Balaban J connectivity index is 1.72. The lowest BCUT2D eigenvalue weighted by atomic mass is 10.1. The van der Waals surface area contributed by atoms with E-state index in [-0.39, 0.29) is 18.4 Å². The summed E-state index contributed by atoms with van der Waals surface area (Å²) in [6.45, 7) is 3.91. The summed E-state index contributed by atoms with van der Waals surface area (Å²) in [5.74, 6) is -0.360. The monoisotopic (exact) mass is 378 g/mol. The molecule has 4 nitrogen and oxygen atoms in total. The van der Waals surface area contributed by atoms with Crippen molar-refractivity contribution >= 4 is 28.8 Å². The standard InChI is InChI=1S/C22H22N2O2S/c1-15-8-7-9-16(2)20(15)23-19(25)14-24(3)22(26)21-18(12-13-27-21)17-10-5-4-6-11-17/h4-13H,14H2,1-3H3,(H,23,25). The quantitative estimate of drug-likeness (QED) is 0.697. The van der Waals surface area contributed by atoms with Gasteiger partial charge in [-0.2, -0.15) is 0 Å². The van der Waals surface area contributed by atoms with Gasteiger partial charge in [0.2, 0.25) is 5.91 Å². The smallest absolute Gasteiger partial charge is 0.264 e. The zero-order valence-electron chi connectivity index (χ0n) is 15.7. The normalized spacial score (nSPS) is 10.5. The van der Waals surface area contributed by atoms with Gasteiger partial charge in [0, 0.05) is 18.3 Å². The summed E-state index contributed by atoms with van der Waals surface area (Å²) >= 11 is 1.39. The first-order chi connectivity index (χ1) is 13.0. The van der Waals surface area contributed by atoms with Crippen LogP contribution >= 0.6 is 11.3 Å². The molecule has 27 heavy (non-hydrogen) atoms. The summed E-state index contributed by atoms with van der Waals surface area (Å²) in [6.07, 6.45) is 0. The summed E-state index contributed by atoms with van der Waals surface area (Å²) in [6, 6.07) is 17.6. The fraction of sp³-hybridized carbons (Fsp3) is 0.182. The Hall–Kier alpha value is -2.92. The minimum absolute atomic E-state index is 0.00125. The second-order valence-electron chi connectivity index (χ2n) is 6.51. The number of rotatable bonds is 5. The van der Waals surface area contributed by atoms with Crippen molar-refractivity contribution in [3.05, 3.63) is 76.0 Å². The van der Waals surface area contributed by atoms with Crippen molar-refractivity contribution in [1.29, 1.82) is 0 Å². The van der Waals surface area contributed by atoms with E-state index in [1.54, 1.807) is 7.05 Å². The molecule has 0 aliphatic carbocycles. The summed E-state index contributed by atoms with van der Waals surface area (Å²) < 4.78 is 0. The molecule has 2 aromatic carbocycles. The molecule has 0 spiro atoms. The van der Waals surface area contributed by atoms with Crippen LogP contribution in [0.2, 0.25) is 0 Å². The average Bonchev–Trinajstić information content (AvgIpc) is 3.14. The van der Waals surface area contributed by atoms with Crippen molar-refractivity contribution in [3.63, 3.8) is 0 Å². The van der Waals surface area contributed by atoms with Crippen LogP contribution in [-0.2, 0) is 4.79 Å². The van der Waals surface area contributed by atoms with E-state index in [0.29, 0.717) is 4.88 Å². The van der Waals surface area contributed by atoms with Crippen LogP contribution in [0.3, 0.4) is 0 Å². The first kappa shape index (κ1) is 18.9. The highest BCUT2D eigenvalue weighted by molar-refractivity contribution is 7.12. The molecule has 0 bridgehead atoms. The highest BCUT2D eigenvalue weighted by atomic mass is 32.1. The van der Waals surface area contributed by atoms with Gasteiger partial charge < -0.3 is 10.2 Å². The van der Waals surface area contributed by atoms with E-state index >= 15 is 0 Å². The number of nitrogens with zero attached hydrogens (tertiary/aromatic N) is 1. The summed E-state index contributed by atoms with van der Waals surface area (Å²) in [5.41, 5.74) is 4.71. The van der Waals surface area contributed by atoms with E-state index in [0.717, 1.165) is 27.9 Å². The SMILES string of the molecule is Cc1cccc(C)c1NC(=O)CN(C)C(=O)c1sccc1-c1ccccc1. The molecule has 0 aliphatic heterocycles. The number of likely N-dealkylation sites (N-methyl/N-ethyl adjacent to an activating group) is 1. The van der Waals surface area contributed by atoms with Crippen LogP contribution in [0.1, 0.15) is 20.8 Å². The average molecular weight is 378 g/mol. The topological polar surface area (TPSA) is 49.4 Å². The highest BCUT2D eigenvalue weighted by Crippen LogP contribution is 2.29. The maximum atomic E-state index is 12.9. The van der Waals surface area contributed by atoms with Gasteiger partial charge in [-0.3, -0.25) is 9.59 Å². The number of hydrogen-bond acceptors (Lipinski definition) is 3. The van der Waals surface area contributed by atoms with Crippen molar-refractivity contribution in [2.45, 2.75) is 13.8 Å². The number of para-hydroxylation sites is 1. The van der Waals surface area contributed by atoms with E-state index in [1.807, 2.05) is 73.8 Å². The van der Waals surface area contributed by atoms with Gasteiger partial charge in [-0.1, -0.05) is 48.5 Å². The fourth-order valence-electron chi connectivity index (χ4n) is 2.97. The lowest BCUT2D eigenvalue weighted by Gasteiger charge is -2.18. The molecule has 1 aromatic heterocycles. The molecule has 0 fully saturated rings. The second kappa shape index (κ2) is 8.18. The molecule has 0 saturated carbocycles. The first-order valence-electron chi connectivity index (χ1n) is 8.72. The first-order valence-corrected chi connectivity index (χ1v) is 9.60. The minimum atomic E-state index is -0.207. The van der Waals surface area contributed by atoms with Gasteiger partial charge in [-0.05, 0) is 42.0 Å². The summed E-state index contributed by atoms with van der Waals surface area (Å²) in [5, 5.41) is 4.83. The Bertz CT molecular complexity index is 943. The van der Waals surface area contributed by atoms with E-state index in [9.17, 15) is 9.59 Å². The van der Waals surface area contributed by atoms with Crippen molar-refractivity contribution in [1.82, 2.24) is 4.90 Å². The van der Waals surface area contributed by atoms with Gasteiger partial charge in [0.15, 0.2) is 0 Å². The Morgan fingerprint density at radius 3 is 2.30 bits per heavy atom. The predicted molar refractivity (Wildman–Crippen MR) is 111 cm³/mol. The number of nitrogens with one attached hydrogen (secondary N) is 1. The van der Waals surface area contributed by atoms with Crippen molar-refractivity contribution in [2.24, 2.45) is 0 Å². The lowest BCUT2D eigenvalue weighted by molar-refractivity contribution is -0.116. The molecule has 3 rings (SSSR count). The molecule has 2 amide bonds. The van der Waals surface area contributed by atoms with Gasteiger partial charge in [-0.15, -0.1) is 11.3 Å². The Kier molecular flexibility index (Phi) is 5.72. The van der Waals surface area contributed by atoms with Crippen LogP contribution in [0.25, 0.3) is 11.1 Å². The molecule has 0 aliphatic rings. The van der Waals surface area contributed by atoms with Crippen LogP contribution in [0.5, 0.6) is 0 Å². The molecule has 3 aromatic rings. The highest BCUT2D eigenvalue weighted by Gasteiger charge is 2.20. The van der Waals surface area contributed by atoms with Crippen LogP contribution < -0.4 is 5.32 Å². The lowest BCUT2D eigenvalue weighted by Crippen LogP contribution is -2.35. The maximum Gasteiger partial charge on any atom is 0.264 e. The Labute approximate surface area is 163 Å². The molecule has 0 atom stereocenters. The number of thiophene rings is 1. The maximum absolute atomic E-state index is 12.9. The largest absolute Gasteiger partial charge is 0.332 e. The molecule has 0 saturated heterocycles. The third kappa shape index (κ3) is 4.26. The zero-order chi connectivity index (χ0) is 19.4. The number of benzene rings is 2. The number of hydrogen-bond donors (Lipinski definition) is 1.